The summed E-state index contributed by atoms with van der Waals surface area (Å²) in [5.74, 6) is -0.0660. The molecule has 244 valence electrons. The van der Waals surface area contributed by atoms with Crippen LogP contribution in [0, 0.1) is 5.82 Å². The number of carbonyl (C=O) groups is 2. The maximum Gasteiger partial charge on any atom is 0.301 e. The highest BCUT2D eigenvalue weighted by molar-refractivity contribution is 8.00. The van der Waals surface area contributed by atoms with Gasteiger partial charge in [-0.3, -0.25) is 14.5 Å². The molecule has 13 heteroatoms. The van der Waals surface area contributed by atoms with Crippen molar-refractivity contribution >= 4 is 45.7 Å². The zero-order chi connectivity index (χ0) is 32.9. The number of aliphatic hydroxyl groups is 1. The average Bonchev–Trinajstić information content (AvgIpc) is 3.67. The lowest BCUT2D eigenvalue weighted by atomic mass is 9.95. The Morgan fingerprint density at radius 1 is 1.02 bits per heavy atom. The van der Waals surface area contributed by atoms with Gasteiger partial charge >= 0.3 is 5.91 Å². The normalized spacial score (nSPS) is 16.8. The van der Waals surface area contributed by atoms with Gasteiger partial charge in [0.2, 0.25) is 5.13 Å². The van der Waals surface area contributed by atoms with Gasteiger partial charge in [0, 0.05) is 11.3 Å². The first-order valence-corrected chi connectivity index (χ1v) is 16.9. The summed E-state index contributed by atoms with van der Waals surface area (Å²) in [6.45, 7) is 3.36. The summed E-state index contributed by atoms with van der Waals surface area (Å²) in [4.78, 5) is 28.7. The average molecular weight is 678 g/mol. The van der Waals surface area contributed by atoms with Crippen LogP contribution in [0.2, 0.25) is 0 Å². The summed E-state index contributed by atoms with van der Waals surface area (Å²) >= 11 is 2.51. The van der Waals surface area contributed by atoms with Crippen LogP contribution in [0.5, 0.6) is 23.0 Å². The Morgan fingerprint density at radius 3 is 2.57 bits per heavy atom. The lowest BCUT2D eigenvalue weighted by molar-refractivity contribution is -0.132. The van der Waals surface area contributed by atoms with Gasteiger partial charge in [-0.05, 0) is 60.0 Å². The van der Waals surface area contributed by atoms with E-state index in [0.29, 0.717) is 58.5 Å². The van der Waals surface area contributed by atoms with Crippen LogP contribution < -0.4 is 23.8 Å². The van der Waals surface area contributed by atoms with Crippen molar-refractivity contribution < 1.29 is 38.0 Å². The lowest BCUT2D eigenvalue weighted by Crippen LogP contribution is -2.29. The second-order valence-electron chi connectivity index (χ2n) is 10.8. The van der Waals surface area contributed by atoms with Crippen molar-refractivity contribution in [2.45, 2.75) is 42.3 Å². The predicted molar refractivity (Wildman–Crippen MR) is 176 cm³/mol. The molecule has 2 aliphatic heterocycles. The minimum Gasteiger partial charge on any atom is -0.507 e. The fourth-order valence-corrected chi connectivity index (χ4v) is 7.11. The third-order valence-electron chi connectivity index (χ3n) is 7.65. The quantitative estimate of drug-likeness (QED) is 0.0422. The molecule has 1 atom stereocenters. The number of thioether (sulfide) groups is 1. The van der Waals surface area contributed by atoms with E-state index in [1.165, 1.54) is 35.9 Å². The number of carbonyl (C=O) groups excluding carboxylic acids is 2. The summed E-state index contributed by atoms with van der Waals surface area (Å²) in [7, 11) is 1.51. The number of halogens is 1. The Hall–Kier alpha value is -4.62. The van der Waals surface area contributed by atoms with Crippen molar-refractivity contribution in [3.63, 3.8) is 0 Å². The number of aliphatic hydroxyl groups excluding tert-OH is 1. The number of anilines is 1. The number of methoxy groups -OCH3 is 1. The standard InChI is InChI=1S/C34H32FN3O7S2/c1-3-4-5-14-43-24-12-8-21(17-26(24)42-2)29-28(30(39)22-9-13-25-27(18-22)45-16-15-44-25)31(40)32(41)38(29)33-36-37-34(47-33)46-19-20-6-10-23(35)11-7-20/h6-13,17-18,29,39H,3-5,14-16,19H2,1-2H3/b30-28+. The number of aromatic nitrogens is 2. The van der Waals surface area contributed by atoms with Gasteiger partial charge in [0.1, 0.15) is 24.8 Å². The molecule has 0 bridgehead atoms. The van der Waals surface area contributed by atoms with Crippen molar-refractivity contribution in [2.24, 2.45) is 0 Å². The van der Waals surface area contributed by atoms with Crippen molar-refractivity contribution in [3.05, 3.63) is 88.7 Å². The number of ether oxygens (including phenoxy) is 4. The third-order valence-corrected chi connectivity index (χ3v) is 9.77. The number of nitrogens with zero attached hydrogens (tertiary/aromatic N) is 3. The summed E-state index contributed by atoms with van der Waals surface area (Å²) < 4.78 is 36.8. The molecule has 1 unspecified atom stereocenters. The van der Waals surface area contributed by atoms with E-state index in [1.807, 2.05) is 0 Å². The number of rotatable bonds is 12. The molecule has 3 heterocycles. The van der Waals surface area contributed by atoms with Gasteiger partial charge in [-0.25, -0.2) is 4.39 Å². The summed E-state index contributed by atoms with van der Waals surface area (Å²) in [6, 6.07) is 15.1. The number of amides is 1. The Bertz CT molecular complexity index is 1810. The lowest BCUT2D eigenvalue weighted by Gasteiger charge is -2.24. The molecule has 0 saturated carbocycles. The Morgan fingerprint density at radius 2 is 1.81 bits per heavy atom. The highest BCUT2D eigenvalue weighted by atomic mass is 32.2. The van der Waals surface area contributed by atoms with Crippen LogP contribution in [0.4, 0.5) is 9.52 Å². The Labute approximate surface area is 279 Å². The van der Waals surface area contributed by atoms with Crippen LogP contribution in [0.1, 0.15) is 48.9 Å². The largest absolute Gasteiger partial charge is 0.507 e. The molecule has 1 fully saturated rings. The molecule has 3 aromatic carbocycles. The van der Waals surface area contributed by atoms with Crippen LogP contribution in [0.15, 0.2) is 70.6 Å². The summed E-state index contributed by atoms with van der Waals surface area (Å²) in [5, 5.41) is 20.4. The van der Waals surface area contributed by atoms with E-state index >= 15 is 0 Å². The third kappa shape index (κ3) is 6.91. The number of benzene rings is 3. The second-order valence-corrected chi connectivity index (χ2v) is 12.9. The van der Waals surface area contributed by atoms with Crippen molar-refractivity contribution in [2.75, 3.05) is 31.8 Å². The fourth-order valence-electron chi connectivity index (χ4n) is 5.28. The first kappa shape index (κ1) is 32.3. The number of hydrogen-bond donors (Lipinski definition) is 1. The molecule has 4 aromatic rings. The van der Waals surface area contributed by atoms with E-state index in [2.05, 4.69) is 17.1 Å². The SMILES string of the molecule is CCCCCOc1ccc(C2/C(=C(\O)c3ccc4c(c3)OCCO4)C(=O)C(=O)N2c2nnc(SCc3ccc(F)cc3)s2)cc1OC. The Balaban J connectivity index is 1.38. The molecule has 10 nitrogen and oxygen atoms in total. The van der Waals surface area contributed by atoms with E-state index in [9.17, 15) is 19.1 Å². The van der Waals surface area contributed by atoms with E-state index in [0.717, 1.165) is 36.2 Å². The molecule has 0 aliphatic carbocycles. The van der Waals surface area contributed by atoms with Crippen molar-refractivity contribution in [3.8, 4) is 23.0 Å². The smallest absolute Gasteiger partial charge is 0.301 e. The monoisotopic (exact) mass is 677 g/mol. The van der Waals surface area contributed by atoms with Crippen LogP contribution in [-0.2, 0) is 15.3 Å². The second kappa shape index (κ2) is 14.4. The summed E-state index contributed by atoms with van der Waals surface area (Å²) in [6.07, 6.45) is 2.97. The van der Waals surface area contributed by atoms with Crippen molar-refractivity contribution in [1.29, 1.82) is 0 Å². The first-order valence-electron chi connectivity index (χ1n) is 15.1. The molecule has 1 N–H and O–H groups in total. The molecular weight excluding hydrogens is 646 g/mol. The zero-order valence-electron chi connectivity index (χ0n) is 25.7. The topological polar surface area (TPSA) is 120 Å². The van der Waals surface area contributed by atoms with Gasteiger partial charge in [-0.15, -0.1) is 10.2 Å². The molecule has 47 heavy (non-hydrogen) atoms. The molecule has 0 radical (unpaired) electrons. The van der Waals surface area contributed by atoms with E-state index in [4.69, 9.17) is 18.9 Å². The van der Waals surface area contributed by atoms with Gasteiger partial charge in [0.25, 0.3) is 5.78 Å². The van der Waals surface area contributed by atoms with Gasteiger partial charge in [0.15, 0.2) is 27.3 Å². The molecule has 6 rings (SSSR count). The van der Waals surface area contributed by atoms with E-state index < -0.39 is 17.7 Å². The van der Waals surface area contributed by atoms with Crippen LogP contribution in [0.25, 0.3) is 5.76 Å². The van der Waals surface area contributed by atoms with Gasteiger partial charge in [-0.2, -0.15) is 0 Å². The molecule has 1 aromatic heterocycles. The van der Waals surface area contributed by atoms with Crippen LogP contribution in [0.3, 0.4) is 0 Å². The van der Waals surface area contributed by atoms with E-state index in [-0.39, 0.29) is 27.8 Å². The molecule has 1 saturated heterocycles. The van der Waals surface area contributed by atoms with E-state index in [1.54, 1.807) is 48.5 Å². The number of hydrogen-bond acceptors (Lipinski definition) is 11. The van der Waals surface area contributed by atoms with Gasteiger partial charge < -0.3 is 24.1 Å². The van der Waals surface area contributed by atoms with Crippen LogP contribution in [-0.4, -0.2) is 53.9 Å². The zero-order valence-corrected chi connectivity index (χ0v) is 27.4. The highest BCUT2D eigenvalue weighted by Gasteiger charge is 2.48. The predicted octanol–water partition coefficient (Wildman–Crippen LogP) is 6.94. The number of fused-ring (bicyclic) bond motifs is 1. The summed E-state index contributed by atoms with van der Waals surface area (Å²) in [5.41, 5.74) is 1.54. The maximum atomic E-state index is 13.7. The molecule has 1 amide bonds. The highest BCUT2D eigenvalue weighted by Crippen LogP contribution is 2.46. The number of ketones is 1. The molecular formula is C34H32FN3O7S2. The van der Waals surface area contributed by atoms with Gasteiger partial charge in [-0.1, -0.05) is 61.1 Å². The minimum absolute atomic E-state index is 0.124. The first-order chi connectivity index (χ1) is 22.9. The fraction of sp³-hybridized carbons (Fsp3) is 0.294. The maximum absolute atomic E-state index is 13.7. The molecule has 0 spiro atoms. The van der Waals surface area contributed by atoms with Gasteiger partial charge in [0.05, 0.1) is 25.3 Å². The Kier molecular flexibility index (Phi) is 9.92. The minimum atomic E-state index is -1.06. The molecule has 2 aliphatic rings. The number of Topliss-reactive ketones (excluding diaryl/α,β-unsaturated/α-hetero) is 1. The van der Waals surface area contributed by atoms with Crippen LogP contribution >= 0.6 is 23.1 Å². The number of unbranched alkanes of at least 4 members (excludes halogenated alkanes) is 2. The van der Waals surface area contributed by atoms with Crippen molar-refractivity contribution in [1.82, 2.24) is 10.2 Å².